The van der Waals surface area contributed by atoms with Crippen molar-refractivity contribution in [2.45, 2.75) is 19.9 Å². The largest absolute Gasteiger partial charge is 0.409 e. The number of amidine groups is 1. The van der Waals surface area contributed by atoms with Gasteiger partial charge in [0.1, 0.15) is 0 Å². The van der Waals surface area contributed by atoms with Gasteiger partial charge in [-0.2, -0.15) is 0 Å². The molecule has 0 heterocycles. The molecule has 0 atom stereocenters. The molecule has 0 saturated carbocycles. The third kappa shape index (κ3) is 4.70. The fourth-order valence-electron chi connectivity index (χ4n) is 1.44. The normalized spacial score (nSPS) is 12.2. The smallest absolute Gasteiger partial charge is 0.170 e. The molecule has 17 heavy (non-hydrogen) atoms. The fourth-order valence-corrected chi connectivity index (χ4v) is 1.44. The lowest BCUT2D eigenvalue weighted by Crippen LogP contribution is -2.15. The van der Waals surface area contributed by atoms with Crippen LogP contribution in [0.2, 0.25) is 0 Å². The van der Waals surface area contributed by atoms with Crippen LogP contribution in [0.5, 0.6) is 0 Å². The highest BCUT2D eigenvalue weighted by Crippen LogP contribution is 2.04. The number of benzene rings is 1. The molecule has 0 amide bonds. The first-order chi connectivity index (χ1) is 8.27. The molecule has 0 radical (unpaired) electrons. The second kappa shape index (κ2) is 7.46. The zero-order valence-electron chi connectivity index (χ0n) is 10.1. The molecule has 1 rings (SSSR count). The Morgan fingerprint density at radius 3 is 2.71 bits per heavy atom. The van der Waals surface area contributed by atoms with Crippen LogP contribution in [0.1, 0.15) is 24.5 Å². The zero-order chi connectivity index (χ0) is 12.5. The van der Waals surface area contributed by atoms with E-state index < -0.39 is 0 Å². The molecule has 4 nitrogen and oxygen atoms in total. The molecule has 1 aromatic carbocycles. The quantitative estimate of drug-likeness (QED) is 0.175. The van der Waals surface area contributed by atoms with Gasteiger partial charge >= 0.3 is 0 Å². The van der Waals surface area contributed by atoms with Crippen molar-refractivity contribution in [3.8, 4) is 0 Å². The van der Waals surface area contributed by atoms with Gasteiger partial charge in [0.2, 0.25) is 0 Å². The monoisotopic (exact) mass is 233 g/mol. The van der Waals surface area contributed by atoms with Crippen LogP contribution >= 0.6 is 0 Å². The highest BCUT2D eigenvalue weighted by atomic mass is 16.4. The van der Waals surface area contributed by atoms with Gasteiger partial charge in [0.05, 0.1) is 0 Å². The highest BCUT2D eigenvalue weighted by Gasteiger charge is 1.98. The molecule has 0 fully saturated rings. The number of hydrogen-bond acceptors (Lipinski definition) is 3. The summed E-state index contributed by atoms with van der Waals surface area (Å²) in [7, 11) is 0. The highest BCUT2D eigenvalue weighted by molar-refractivity contribution is 5.96. The lowest BCUT2D eigenvalue weighted by atomic mass is 10.1. The van der Waals surface area contributed by atoms with E-state index in [1.54, 1.807) is 0 Å². The number of oxime groups is 1. The molecule has 4 N–H and O–H groups in total. The molecule has 0 saturated heterocycles. The van der Waals surface area contributed by atoms with E-state index in [0.29, 0.717) is 0 Å². The topological polar surface area (TPSA) is 70.6 Å². The predicted octanol–water partition coefficient (Wildman–Crippen LogP) is 1.84. The number of nitrogens with one attached hydrogen (secondary N) is 1. The zero-order valence-corrected chi connectivity index (χ0v) is 10.1. The van der Waals surface area contributed by atoms with Gasteiger partial charge in [0.15, 0.2) is 5.84 Å². The number of allylic oxidation sites excluding steroid dienone is 1. The van der Waals surface area contributed by atoms with Gasteiger partial charge in [-0.05, 0) is 25.5 Å². The minimum atomic E-state index is 0.137. The van der Waals surface area contributed by atoms with Crippen LogP contribution < -0.4 is 11.1 Å². The predicted molar refractivity (Wildman–Crippen MR) is 70.1 cm³/mol. The molecular weight excluding hydrogens is 214 g/mol. The average molecular weight is 233 g/mol. The van der Waals surface area contributed by atoms with Gasteiger partial charge in [-0.3, -0.25) is 0 Å². The third-order valence-electron chi connectivity index (χ3n) is 2.41. The van der Waals surface area contributed by atoms with Crippen LogP contribution in [0, 0.1) is 0 Å². The maximum atomic E-state index is 8.53. The SMILES string of the molecule is C/C=C/CCNCc1ccc(/C(N)=N/O)cc1. The van der Waals surface area contributed by atoms with Crippen molar-refractivity contribution >= 4 is 5.84 Å². The van der Waals surface area contributed by atoms with Gasteiger partial charge in [0.25, 0.3) is 0 Å². The van der Waals surface area contributed by atoms with E-state index in [1.165, 1.54) is 5.56 Å². The van der Waals surface area contributed by atoms with Gasteiger partial charge in [-0.15, -0.1) is 0 Å². The van der Waals surface area contributed by atoms with E-state index in [4.69, 9.17) is 10.9 Å². The summed E-state index contributed by atoms with van der Waals surface area (Å²) in [4.78, 5) is 0. The van der Waals surface area contributed by atoms with Crippen molar-refractivity contribution in [2.75, 3.05) is 6.54 Å². The summed E-state index contributed by atoms with van der Waals surface area (Å²) in [6, 6.07) is 7.63. The van der Waals surface area contributed by atoms with E-state index in [-0.39, 0.29) is 5.84 Å². The summed E-state index contributed by atoms with van der Waals surface area (Å²) >= 11 is 0. The molecule has 0 aliphatic heterocycles. The molecule has 0 spiro atoms. The van der Waals surface area contributed by atoms with Crippen molar-refractivity contribution in [1.29, 1.82) is 0 Å². The first-order valence-corrected chi connectivity index (χ1v) is 5.66. The Bertz CT molecular complexity index is 382. The van der Waals surface area contributed by atoms with Crippen molar-refractivity contribution in [3.05, 3.63) is 47.5 Å². The summed E-state index contributed by atoms with van der Waals surface area (Å²) in [5.74, 6) is 0.137. The molecular formula is C13H19N3O. The Hall–Kier alpha value is -1.81. The lowest BCUT2D eigenvalue weighted by molar-refractivity contribution is 0.318. The molecule has 4 heteroatoms. The second-order valence-electron chi connectivity index (χ2n) is 3.72. The van der Waals surface area contributed by atoms with Crippen LogP contribution in [0.15, 0.2) is 41.6 Å². The summed E-state index contributed by atoms with van der Waals surface area (Å²) in [5.41, 5.74) is 7.38. The van der Waals surface area contributed by atoms with Crippen molar-refractivity contribution in [2.24, 2.45) is 10.9 Å². The molecule has 0 bridgehead atoms. The van der Waals surface area contributed by atoms with Crippen LogP contribution in [0.4, 0.5) is 0 Å². The molecule has 0 aromatic heterocycles. The van der Waals surface area contributed by atoms with Crippen molar-refractivity contribution in [3.63, 3.8) is 0 Å². The number of nitrogens with two attached hydrogens (primary N) is 1. The van der Waals surface area contributed by atoms with Gasteiger partial charge < -0.3 is 16.3 Å². The van der Waals surface area contributed by atoms with Crippen LogP contribution in [-0.4, -0.2) is 17.6 Å². The summed E-state index contributed by atoms with van der Waals surface area (Å²) in [6.45, 7) is 3.81. The van der Waals surface area contributed by atoms with Crippen molar-refractivity contribution in [1.82, 2.24) is 5.32 Å². The number of hydrogen-bond donors (Lipinski definition) is 3. The van der Waals surface area contributed by atoms with Crippen LogP contribution in [0.25, 0.3) is 0 Å². The van der Waals surface area contributed by atoms with Gasteiger partial charge in [-0.25, -0.2) is 0 Å². The third-order valence-corrected chi connectivity index (χ3v) is 2.41. The number of rotatable bonds is 6. The minimum absolute atomic E-state index is 0.137. The van der Waals surface area contributed by atoms with Gasteiger partial charge in [0, 0.05) is 12.1 Å². The first-order valence-electron chi connectivity index (χ1n) is 5.66. The van der Waals surface area contributed by atoms with Gasteiger partial charge in [-0.1, -0.05) is 41.6 Å². The standard InChI is InChI=1S/C13H19N3O/c1-2-3-4-9-15-10-11-5-7-12(8-6-11)13(14)16-17/h2-3,5-8,15,17H,4,9-10H2,1H3,(H2,14,16)/b3-2+. The maximum absolute atomic E-state index is 8.53. The van der Waals surface area contributed by atoms with Crippen molar-refractivity contribution < 1.29 is 5.21 Å². The fraction of sp³-hybridized carbons (Fsp3) is 0.308. The Morgan fingerprint density at radius 1 is 1.41 bits per heavy atom. The average Bonchev–Trinajstić information content (AvgIpc) is 2.38. The summed E-state index contributed by atoms with van der Waals surface area (Å²) in [5, 5.41) is 14.8. The molecule has 0 aliphatic rings. The van der Waals surface area contributed by atoms with Crippen LogP contribution in [-0.2, 0) is 6.54 Å². The summed E-state index contributed by atoms with van der Waals surface area (Å²) in [6.07, 6.45) is 5.22. The lowest BCUT2D eigenvalue weighted by Gasteiger charge is -2.04. The maximum Gasteiger partial charge on any atom is 0.170 e. The summed E-state index contributed by atoms with van der Waals surface area (Å²) < 4.78 is 0. The molecule has 92 valence electrons. The second-order valence-corrected chi connectivity index (χ2v) is 3.72. The Kier molecular flexibility index (Phi) is 5.82. The molecule has 0 aliphatic carbocycles. The minimum Gasteiger partial charge on any atom is -0.409 e. The van der Waals surface area contributed by atoms with Crippen LogP contribution in [0.3, 0.4) is 0 Å². The van der Waals surface area contributed by atoms with E-state index in [2.05, 4.69) is 16.5 Å². The number of nitrogens with zero attached hydrogens (tertiary/aromatic N) is 1. The Labute approximate surface area is 102 Å². The Morgan fingerprint density at radius 2 is 2.12 bits per heavy atom. The van der Waals surface area contributed by atoms with E-state index in [1.807, 2.05) is 37.3 Å². The molecule has 1 aromatic rings. The first kappa shape index (κ1) is 13.3. The van der Waals surface area contributed by atoms with E-state index in [9.17, 15) is 0 Å². The Balaban J connectivity index is 2.40. The molecule has 0 unspecified atom stereocenters. The van der Waals surface area contributed by atoms with E-state index >= 15 is 0 Å². The van der Waals surface area contributed by atoms with E-state index in [0.717, 1.165) is 25.1 Å².